The summed E-state index contributed by atoms with van der Waals surface area (Å²) in [4.78, 5) is 13.6. The normalized spacial score (nSPS) is 9.68. The molecule has 0 aromatic heterocycles. The molecule has 2 aromatic rings. The van der Waals surface area contributed by atoms with Crippen molar-refractivity contribution in [3.63, 3.8) is 0 Å². The lowest BCUT2D eigenvalue weighted by molar-refractivity contribution is 0.0698. The fourth-order valence-corrected chi connectivity index (χ4v) is 1.83. The smallest absolute Gasteiger partial charge is 0.336 e. The molecular weight excluding hydrogens is 242 g/mol. The second-order valence-electron chi connectivity index (χ2n) is 4.01. The molecule has 5 nitrogen and oxygen atoms in total. The van der Waals surface area contributed by atoms with Crippen LogP contribution in [0.25, 0.3) is 10.4 Å². The first-order chi connectivity index (χ1) is 9.20. The maximum atomic E-state index is 11.0. The van der Waals surface area contributed by atoms with Gasteiger partial charge in [0.2, 0.25) is 0 Å². The van der Waals surface area contributed by atoms with Crippen LogP contribution in [0.2, 0.25) is 0 Å². The van der Waals surface area contributed by atoms with E-state index in [0.29, 0.717) is 6.42 Å². The zero-order chi connectivity index (χ0) is 13.7. The summed E-state index contributed by atoms with van der Waals surface area (Å²) in [7, 11) is 0. The highest BCUT2D eigenvalue weighted by Crippen LogP contribution is 2.23. The lowest BCUT2D eigenvalue weighted by Crippen LogP contribution is -1.97. The highest BCUT2D eigenvalue weighted by atomic mass is 16.4. The number of carboxylic acids is 1. The molecular formula is C14H11N3O2. The van der Waals surface area contributed by atoms with Crippen LogP contribution in [0.15, 0.2) is 53.6 Å². The van der Waals surface area contributed by atoms with Crippen LogP contribution in [0.3, 0.4) is 0 Å². The Bertz CT molecular complexity index is 647. The van der Waals surface area contributed by atoms with Crippen LogP contribution in [0.1, 0.15) is 21.5 Å². The molecule has 0 unspecified atom stereocenters. The first-order valence-corrected chi connectivity index (χ1v) is 5.66. The Hall–Kier alpha value is -2.78. The van der Waals surface area contributed by atoms with Gasteiger partial charge in [0.25, 0.3) is 0 Å². The molecule has 0 radical (unpaired) electrons. The van der Waals surface area contributed by atoms with E-state index in [1.54, 1.807) is 12.1 Å². The molecule has 1 N–H and O–H groups in total. The monoisotopic (exact) mass is 253 g/mol. The number of hydrogen-bond donors (Lipinski definition) is 1. The first kappa shape index (κ1) is 12.7. The summed E-state index contributed by atoms with van der Waals surface area (Å²) < 4.78 is 0. The average molecular weight is 253 g/mol. The highest BCUT2D eigenvalue weighted by Gasteiger charge is 2.09. The Balaban J connectivity index is 2.36. The summed E-state index contributed by atoms with van der Waals surface area (Å²) in [5.41, 5.74) is 10.6. The van der Waals surface area contributed by atoms with Gasteiger partial charge in [0.05, 0.1) is 11.3 Å². The van der Waals surface area contributed by atoms with Crippen LogP contribution in [0.5, 0.6) is 0 Å². The van der Waals surface area contributed by atoms with Gasteiger partial charge in [-0.05, 0) is 35.2 Å². The number of aromatic carboxylic acids is 1. The molecule has 0 aliphatic heterocycles. The predicted molar refractivity (Wildman–Crippen MR) is 71.5 cm³/mol. The summed E-state index contributed by atoms with van der Waals surface area (Å²) >= 11 is 0. The Morgan fingerprint density at radius 3 is 2.53 bits per heavy atom. The lowest BCUT2D eigenvalue weighted by Gasteiger charge is -2.05. The van der Waals surface area contributed by atoms with E-state index in [1.165, 1.54) is 6.07 Å². The Kier molecular flexibility index (Phi) is 3.81. The SMILES string of the molecule is [N-]=[N+]=Nc1cc(Cc2ccccc2)ccc1C(=O)O. The van der Waals surface area contributed by atoms with E-state index in [1.807, 2.05) is 30.3 Å². The van der Waals surface area contributed by atoms with Gasteiger partial charge in [-0.3, -0.25) is 0 Å². The summed E-state index contributed by atoms with van der Waals surface area (Å²) in [5.74, 6) is -1.10. The Morgan fingerprint density at radius 2 is 1.89 bits per heavy atom. The minimum absolute atomic E-state index is 0.00890. The summed E-state index contributed by atoms with van der Waals surface area (Å²) in [6, 6.07) is 14.6. The minimum atomic E-state index is -1.10. The summed E-state index contributed by atoms with van der Waals surface area (Å²) in [6.07, 6.45) is 0.661. The quantitative estimate of drug-likeness (QED) is 0.508. The standard InChI is InChI=1S/C14H11N3O2/c15-17-16-13-9-11(6-7-12(13)14(18)19)8-10-4-2-1-3-5-10/h1-7,9H,8H2,(H,18,19). The second-order valence-corrected chi connectivity index (χ2v) is 4.01. The molecule has 0 amide bonds. The van der Waals surface area contributed by atoms with Gasteiger partial charge in [0.1, 0.15) is 0 Å². The number of carboxylic acid groups (broad SMARTS) is 1. The Morgan fingerprint density at radius 1 is 1.16 bits per heavy atom. The molecule has 0 spiro atoms. The van der Waals surface area contributed by atoms with Crippen molar-refractivity contribution in [1.29, 1.82) is 0 Å². The van der Waals surface area contributed by atoms with Crippen molar-refractivity contribution in [1.82, 2.24) is 0 Å². The number of hydrogen-bond acceptors (Lipinski definition) is 2. The van der Waals surface area contributed by atoms with Crippen LogP contribution in [0.4, 0.5) is 5.69 Å². The minimum Gasteiger partial charge on any atom is -0.478 e. The van der Waals surface area contributed by atoms with E-state index >= 15 is 0 Å². The first-order valence-electron chi connectivity index (χ1n) is 5.66. The fraction of sp³-hybridized carbons (Fsp3) is 0.0714. The van der Waals surface area contributed by atoms with Crippen LogP contribution >= 0.6 is 0 Å². The summed E-state index contributed by atoms with van der Waals surface area (Å²) in [6.45, 7) is 0. The molecule has 0 atom stereocenters. The van der Waals surface area contributed by atoms with Crippen molar-refractivity contribution < 1.29 is 9.90 Å². The number of benzene rings is 2. The van der Waals surface area contributed by atoms with Crippen LogP contribution in [-0.4, -0.2) is 11.1 Å². The maximum Gasteiger partial charge on any atom is 0.336 e. The van der Waals surface area contributed by atoms with Gasteiger partial charge in [0, 0.05) is 4.91 Å². The van der Waals surface area contributed by atoms with Crippen molar-refractivity contribution in [3.8, 4) is 0 Å². The molecule has 2 aromatic carbocycles. The average Bonchev–Trinajstić information content (AvgIpc) is 2.40. The summed E-state index contributed by atoms with van der Waals surface area (Å²) in [5, 5.41) is 12.4. The molecule has 0 aliphatic carbocycles. The van der Waals surface area contributed by atoms with Crippen molar-refractivity contribution in [3.05, 3.63) is 75.7 Å². The van der Waals surface area contributed by atoms with Crippen LogP contribution in [0, 0.1) is 0 Å². The molecule has 0 aliphatic rings. The number of azide groups is 1. The number of nitrogens with zero attached hydrogens (tertiary/aromatic N) is 3. The molecule has 0 fully saturated rings. The topological polar surface area (TPSA) is 86.1 Å². The van der Waals surface area contributed by atoms with Crippen molar-refractivity contribution in [2.45, 2.75) is 6.42 Å². The highest BCUT2D eigenvalue weighted by molar-refractivity contribution is 5.93. The van der Waals surface area contributed by atoms with Gasteiger partial charge in [-0.2, -0.15) is 0 Å². The third-order valence-electron chi connectivity index (χ3n) is 2.70. The van der Waals surface area contributed by atoms with Gasteiger partial charge in [0.15, 0.2) is 0 Å². The third-order valence-corrected chi connectivity index (χ3v) is 2.70. The van der Waals surface area contributed by atoms with Crippen LogP contribution in [-0.2, 0) is 6.42 Å². The fourth-order valence-electron chi connectivity index (χ4n) is 1.83. The van der Waals surface area contributed by atoms with Gasteiger partial charge in [-0.1, -0.05) is 41.5 Å². The molecule has 5 heteroatoms. The van der Waals surface area contributed by atoms with E-state index in [9.17, 15) is 4.79 Å². The Labute approximate surface area is 109 Å². The van der Waals surface area contributed by atoms with E-state index in [-0.39, 0.29) is 11.3 Å². The molecule has 0 saturated carbocycles. The third kappa shape index (κ3) is 3.12. The largest absolute Gasteiger partial charge is 0.478 e. The van der Waals surface area contributed by atoms with Gasteiger partial charge in [-0.25, -0.2) is 4.79 Å². The van der Waals surface area contributed by atoms with Crippen molar-refractivity contribution in [2.75, 3.05) is 0 Å². The van der Waals surface area contributed by atoms with Crippen molar-refractivity contribution in [2.24, 2.45) is 5.11 Å². The van der Waals surface area contributed by atoms with Gasteiger partial charge in [-0.15, -0.1) is 0 Å². The molecule has 94 valence electrons. The number of rotatable bonds is 4. The second kappa shape index (κ2) is 5.71. The van der Waals surface area contributed by atoms with E-state index in [0.717, 1.165) is 11.1 Å². The van der Waals surface area contributed by atoms with E-state index in [2.05, 4.69) is 10.0 Å². The predicted octanol–water partition coefficient (Wildman–Crippen LogP) is 3.92. The zero-order valence-corrected chi connectivity index (χ0v) is 10.0. The molecule has 19 heavy (non-hydrogen) atoms. The van der Waals surface area contributed by atoms with E-state index < -0.39 is 5.97 Å². The molecule has 0 heterocycles. The van der Waals surface area contributed by atoms with Crippen molar-refractivity contribution >= 4 is 11.7 Å². The molecule has 0 saturated heterocycles. The van der Waals surface area contributed by atoms with Gasteiger partial charge >= 0.3 is 5.97 Å². The maximum absolute atomic E-state index is 11.0. The lowest BCUT2D eigenvalue weighted by atomic mass is 10.0. The van der Waals surface area contributed by atoms with E-state index in [4.69, 9.17) is 10.6 Å². The zero-order valence-electron chi connectivity index (χ0n) is 10.0. The molecule has 0 bridgehead atoms. The number of carbonyl (C=O) groups is 1. The van der Waals surface area contributed by atoms with Crippen LogP contribution < -0.4 is 0 Å². The molecule has 2 rings (SSSR count). The van der Waals surface area contributed by atoms with Gasteiger partial charge < -0.3 is 5.11 Å².